The molecule has 1 heterocycles. The van der Waals surface area contributed by atoms with Crippen molar-refractivity contribution < 1.29 is 14.7 Å². The van der Waals surface area contributed by atoms with Crippen molar-refractivity contribution in [2.45, 2.75) is 50.4 Å². The summed E-state index contributed by atoms with van der Waals surface area (Å²) in [6.07, 6.45) is 3.40. The third kappa shape index (κ3) is 3.94. The smallest absolute Gasteiger partial charge is 0.251 e. The number of carbonyl (C=O) groups is 2. The molecule has 0 bridgehead atoms. The number of aliphatic hydroxyl groups excluding tert-OH is 1. The van der Waals surface area contributed by atoms with Gasteiger partial charge in [-0.25, -0.2) is 0 Å². The van der Waals surface area contributed by atoms with Crippen molar-refractivity contribution in [1.29, 1.82) is 0 Å². The molecule has 2 fully saturated rings. The molecule has 1 saturated heterocycles. The zero-order valence-electron chi connectivity index (χ0n) is 13.9. The van der Waals surface area contributed by atoms with E-state index in [1.807, 2.05) is 6.07 Å². The second-order valence-electron chi connectivity index (χ2n) is 6.79. The molecule has 6 heteroatoms. The van der Waals surface area contributed by atoms with Crippen molar-refractivity contribution in [3.05, 3.63) is 35.9 Å². The molecule has 3 rings (SSSR count). The Morgan fingerprint density at radius 2 is 2.00 bits per heavy atom. The Labute approximate surface area is 142 Å². The molecule has 0 aromatic heterocycles. The number of amides is 2. The van der Waals surface area contributed by atoms with Crippen molar-refractivity contribution in [1.82, 2.24) is 15.5 Å². The van der Waals surface area contributed by atoms with Crippen molar-refractivity contribution >= 4 is 11.8 Å². The summed E-state index contributed by atoms with van der Waals surface area (Å²) < 4.78 is 0. The Morgan fingerprint density at radius 3 is 2.62 bits per heavy atom. The second-order valence-corrected chi connectivity index (χ2v) is 6.79. The molecule has 3 atom stereocenters. The second kappa shape index (κ2) is 7.32. The lowest BCUT2D eigenvalue weighted by Gasteiger charge is -2.21. The first-order chi connectivity index (χ1) is 11.6. The minimum Gasteiger partial charge on any atom is -0.394 e. The van der Waals surface area contributed by atoms with Gasteiger partial charge in [0.1, 0.15) is 6.04 Å². The molecule has 2 amide bonds. The lowest BCUT2D eigenvalue weighted by atomic mass is 10.1. The number of nitrogens with one attached hydrogen (secondary N) is 2. The van der Waals surface area contributed by atoms with Crippen LogP contribution < -0.4 is 10.6 Å². The van der Waals surface area contributed by atoms with Crippen molar-refractivity contribution in [2.24, 2.45) is 0 Å². The molecule has 130 valence electrons. The van der Waals surface area contributed by atoms with E-state index in [0.29, 0.717) is 17.6 Å². The highest BCUT2D eigenvalue weighted by Gasteiger charge is 2.39. The summed E-state index contributed by atoms with van der Waals surface area (Å²) in [6, 6.07) is 8.98. The van der Waals surface area contributed by atoms with Gasteiger partial charge in [0.05, 0.1) is 6.61 Å². The first-order valence-corrected chi connectivity index (χ1v) is 8.61. The van der Waals surface area contributed by atoms with Gasteiger partial charge in [-0.1, -0.05) is 18.2 Å². The summed E-state index contributed by atoms with van der Waals surface area (Å²) >= 11 is 0. The molecule has 1 aliphatic heterocycles. The van der Waals surface area contributed by atoms with E-state index in [4.69, 9.17) is 0 Å². The molecule has 0 spiro atoms. The quantitative estimate of drug-likeness (QED) is 0.710. The molecule has 2 aliphatic rings. The molecule has 3 N–H and O–H groups in total. The van der Waals surface area contributed by atoms with Crippen LogP contribution in [0.4, 0.5) is 0 Å². The number of hydrogen-bond donors (Lipinski definition) is 3. The molecular weight excluding hydrogens is 306 g/mol. The Morgan fingerprint density at radius 1 is 1.29 bits per heavy atom. The van der Waals surface area contributed by atoms with Gasteiger partial charge in [-0.05, 0) is 38.3 Å². The predicted molar refractivity (Wildman–Crippen MR) is 90.5 cm³/mol. The van der Waals surface area contributed by atoms with Crippen LogP contribution in [-0.4, -0.2) is 59.1 Å². The van der Waals surface area contributed by atoms with Crippen LogP contribution >= 0.6 is 0 Å². The van der Waals surface area contributed by atoms with Gasteiger partial charge in [0.15, 0.2) is 0 Å². The number of aliphatic hydroxyl groups is 1. The van der Waals surface area contributed by atoms with E-state index in [1.165, 1.54) is 12.8 Å². The van der Waals surface area contributed by atoms with E-state index in [-0.39, 0.29) is 17.9 Å². The van der Waals surface area contributed by atoms with E-state index in [9.17, 15) is 14.7 Å². The molecule has 1 aromatic rings. The normalized spacial score (nSPS) is 25.2. The average Bonchev–Trinajstić information content (AvgIpc) is 3.36. The zero-order valence-corrected chi connectivity index (χ0v) is 13.9. The van der Waals surface area contributed by atoms with Crippen molar-refractivity contribution in [3.63, 3.8) is 0 Å². The molecule has 24 heavy (non-hydrogen) atoms. The van der Waals surface area contributed by atoms with Gasteiger partial charge in [0.2, 0.25) is 5.91 Å². The molecule has 0 radical (unpaired) electrons. The maximum Gasteiger partial charge on any atom is 0.251 e. The average molecular weight is 331 g/mol. The highest BCUT2D eigenvalue weighted by Crippen LogP contribution is 2.33. The van der Waals surface area contributed by atoms with Crippen LogP contribution in [-0.2, 0) is 4.79 Å². The Balaban J connectivity index is 1.53. The number of benzene rings is 1. The summed E-state index contributed by atoms with van der Waals surface area (Å²) in [4.78, 5) is 27.0. The van der Waals surface area contributed by atoms with Crippen LogP contribution in [0, 0.1) is 0 Å². The molecule has 0 unspecified atom stereocenters. The Hall–Kier alpha value is -1.92. The number of likely N-dealkylation sites (tertiary alicyclic amines) is 1. The SMILES string of the molecule is C[C@@H]1C[C@H](NC(=O)[C@@H](CO)NC(=O)c2ccccc2)CN1C1CC1. The molecule has 6 nitrogen and oxygen atoms in total. The largest absolute Gasteiger partial charge is 0.394 e. The van der Waals surface area contributed by atoms with Crippen LogP contribution in [0.15, 0.2) is 30.3 Å². The van der Waals surface area contributed by atoms with Gasteiger partial charge in [0.25, 0.3) is 5.91 Å². The van der Waals surface area contributed by atoms with Crippen LogP contribution in [0.25, 0.3) is 0 Å². The summed E-state index contributed by atoms with van der Waals surface area (Å²) in [7, 11) is 0. The van der Waals surface area contributed by atoms with E-state index < -0.39 is 12.6 Å². The number of hydrogen-bond acceptors (Lipinski definition) is 4. The topological polar surface area (TPSA) is 81.7 Å². The van der Waals surface area contributed by atoms with Gasteiger partial charge in [-0.2, -0.15) is 0 Å². The number of rotatable bonds is 6. The standard InChI is InChI=1S/C18H25N3O3/c1-12-9-14(10-21(12)15-7-8-15)19-18(24)16(11-22)20-17(23)13-5-3-2-4-6-13/h2-6,12,14-16,22H,7-11H2,1H3,(H,19,24)(H,20,23)/t12-,14+,16-/m1/s1. The molecule has 1 saturated carbocycles. The van der Waals surface area contributed by atoms with E-state index in [0.717, 1.165) is 13.0 Å². The zero-order chi connectivity index (χ0) is 17.1. The van der Waals surface area contributed by atoms with Gasteiger partial charge in [0, 0.05) is 30.2 Å². The van der Waals surface area contributed by atoms with Crippen LogP contribution in [0.3, 0.4) is 0 Å². The van der Waals surface area contributed by atoms with Gasteiger partial charge in [-0.3, -0.25) is 14.5 Å². The third-order valence-electron chi connectivity index (χ3n) is 4.83. The first kappa shape index (κ1) is 16.9. The van der Waals surface area contributed by atoms with Crippen molar-refractivity contribution in [3.8, 4) is 0 Å². The van der Waals surface area contributed by atoms with Gasteiger partial charge in [-0.15, -0.1) is 0 Å². The fraction of sp³-hybridized carbons (Fsp3) is 0.556. The summed E-state index contributed by atoms with van der Waals surface area (Å²) in [5.41, 5.74) is 0.471. The highest BCUT2D eigenvalue weighted by molar-refractivity contribution is 5.97. The lowest BCUT2D eigenvalue weighted by Crippen LogP contribution is -2.52. The van der Waals surface area contributed by atoms with E-state index >= 15 is 0 Å². The maximum absolute atomic E-state index is 12.4. The fourth-order valence-corrected chi connectivity index (χ4v) is 3.40. The highest BCUT2D eigenvalue weighted by atomic mass is 16.3. The van der Waals surface area contributed by atoms with Crippen LogP contribution in [0.2, 0.25) is 0 Å². The van der Waals surface area contributed by atoms with Crippen LogP contribution in [0.5, 0.6) is 0 Å². The molecular formula is C18H25N3O3. The molecule has 1 aliphatic carbocycles. The monoisotopic (exact) mass is 331 g/mol. The van der Waals surface area contributed by atoms with Crippen molar-refractivity contribution in [2.75, 3.05) is 13.2 Å². The van der Waals surface area contributed by atoms with Gasteiger partial charge >= 0.3 is 0 Å². The number of carbonyl (C=O) groups excluding carboxylic acids is 2. The maximum atomic E-state index is 12.4. The lowest BCUT2D eigenvalue weighted by molar-refractivity contribution is -0.124. The third-order valence-corrected chi connectivity index (χ3v) is 4.83. The van der Waals surface area contributed by atoms with E-state index in [2.05, 4.69) is 22.5 Å². The predicted octanol–water partition coefficient (Wildman–Crippen LogP) is 0.519. The van der Waals surface area contributed by atoms with Crippen LogP contribution in [0.1, 0.15) is 36.5 Å². The summed E-state index contributed by atoms with van der Waals surface area (Å²) in [6.45, 7) is 2.62. The first-order valence-electron chi connectivity index (χ1n) is 8.61. The fourth-order valence-electron chi connectivity index (χ4n) is 3.40. The van der Waals surface area contributed by atoms with Gasteiger partial charge < -0.3 is 15.7 Å². The summed E-state index contributed by atoms with van der Waals surface area (Å²) in [5.74, 6) is -0.680. The minimum absolute atomic E-state index is 0.0794. The Kier molecular flexibility index (Phi) is 5.16. The minimum atomic E-state index is -0.928. The Bertz CT molecular complexity index is 588. The van der Waals surface area contributed by atoms with E-state index in [1.54, 1.807) is 24.3 Å². The number of nitrogens with zero attached hydrogens (tertiary/aromatic N) is 1. The summed E-state index contributed by atoms with van der Waals surface area (Å²) in [5, 5.41) is 15.1. The molecule has 1 aromatic carbocycles.